The molecule has 0 aliphatic rings. The molecule has 0 fully saturated rings. The highest BCUT2D eigenvalue weighted by Crippen LogP contribution is 2.41. The van der Waals surface area contributed by atoms with Gasteiger partial charge in [-0.2, -0.15) is 0 Å². The molecule has 0 aromatic heterocycles. The second-order valence-electron chi connectivity index (χ2n) is 10.8. The molecule has 0 heterocycles. The first-order chi connectivity index (χ1) is 16.1. The highest BCUT2D eigenvalue weighted by Gasteiger charge is 2.31. The third-order valence-corrected chi connectivity index (χ3v) is 7.44. The Kier molecular flexibility index (Phi) is 10.2. The van der Waals surface area contributed by atoms with Gasteiger partial charge in [-0.3, -0.25) is 0 Å². The number of ether oxygens (including phenoxy) is 1. The van der Waals surface area contributed by atoms with E-state index in [1.54, 1.807) is 0 Å². The number of benzene rings is 2. The van der Waals surface area contributed by atoms with E-state index in [0.29, 0.717) is 13.2 Å². The number of hydrogen-bond acceptors (Lipinski definition) is 2. The predicted octanol–water partition coefficient (Wildman–Crippen LogP) is 7.83. The Labute approximate surface area is 208 Å². The summed E-state index contributed by atoms with van der Waals surface area (Å²) in [5.74, 6) is 0.941. The van der Waals surface area contributed by atoms with E-state index >= 15 is 0 Å². The van der Waals surface area contributed by atoms with Gasteiger partial charge in [0.15, 0.2) is 0 Å². The molecule has 0 aliphatic carbocycles. The van der Waals surface area contributed by atoms with Crippen LogP contribution < -0.4 is 4.74 Å². The summed E-state index contributed by atoms with van der Waals surface area (Å²) in [6.45, 7) is 23.3. The topological polar surface area (TPSA) is 33.8 Å². The van der Waals surface area contributed by atoms with Gasteiger partial charge in [-0.15, -0.1) is 0 Å². The molecule has 2 aromatic rings. The molecule has 0 radical (unpaired) electrons. The Morgan fingerprint density at radius 3 is 2.09 bits per heavy atom. The maximum absolute atomic E-state index is 10.5. The highest BCUT2D eigenvalue weighted by molar-refractivity contribution is 5.47. The Bertz CT molecular complexity index is 960. The Hall–Kier alpha value is -2.31. The molecule has 0 bridgehead atoms. The van der Waals surface area contributed by atoms with Crippen LogP contribution in [0.15, 0.2) is 36.4 Å². The lowest BCUT2D eigenvalue weighted by atomic mass is 9.69. The van der Waals surface area contributed by atoms with Crippen molar-refractivity contribution < 1.29 is 9.84 Å². The van der Waals surface area contributed by atoms with E-state index in [0.717, 1.165) is 44.3 Å². The monoisotopic (exact) mass is 463 g/mol. The van der Waals surface area contributed by atoms with Crippen molar-refractivity contribution >= 4 is 0 Å². The SMILES string of the molecule is [C-]#[N+]CCCCOc1ccc(C(CC)(CC)c2ccc(CCC(O)C(C)(C)C)c(C)c2)cc1C. The quantitative estimate of drug-likeness (QED) is 0.257. The normalized spacial score (nSPS) is 12.9. The summed E-state index contributed by atoms with van der Waals surface area (Å²) in [7, 11) is 0. The number of aryl methyl sites for hydroxylation is 3. The summed E-state index contributed by atoms with van der Waals surface area (Å²) < 4.78 is 6.01. The lowest BCUT2D eigenvalue weighted by Crippen LogP contribution is -2.27. The number of nitrogens with zero attached hydrogens (tertiary/aromatic N) is 1. The van der Waals surface area contributed by atoms with E-state index in [-0.39, 0.29) is 16.9 Å². The van der Waals surface area contributed by atoms with Crippen molar-refractivity contribution in [2.45, 2.75) is 98.5 Å². The van der Waals surface area contributed by atoms with Gasteiger partial charge in [0.2, 0.25) is 6.54 Å². The molecule has 0 aliphatic heterocycles. The van der Waals surface area contributed by atoms with Crippen LogP contribution in [0.3, 0.4) is 0 Å². The van der Waals surface area contributed by atoms with Crippen LogP contribution in [0.25, 0.3) is 4.85 Å². The average Bonchev–Trinajstić information content (AvgIpc) is 2.80. The molecule has 2 rings (SSSR count). The van der Waals surface area contributed by atoms with Crippen LogP contribution in [-0.4, -0.2) is 24.4 Å². The lowest BCUT2D eigenvalue weighted by Gasteiger charge is -2.34. The summed E-state index contributed by atoms with van der Waals surface area (Å²) in [6.07, 6.45) is 5.25. The molecule has 3 heteroatoms. The standard InChI is InChI=1S/C31H45NO2/c1-9-31(10-2,27-16-17-28(24(4)22-27)34-20-12-11-19-32-8)26-15-13-25(23(3)21-26)14-18-29(33)30(5,6)7/h13,15-17,21-22,29,33H,9-12,14,18-20H2,1-7H3. The van der Waals surface area contributed by atoms with Gasteiger partial charge in [-0.05, 0) is 85.3 Å². The number of rotatable bonds is 12. The van der Waals surface area contributed by atoms with E-state index in [1.165, 1.54) is 27.8 Å². The molecule has 0 saturated carbocycles. The largest absolute Gasteiger partial charge is 0.493 e. The first kappa shape index (κ1) is 27.9. The molecular formula is C31H45NO2. The lowest BCUT2D eigenvalue weighted by molar-refractivity contribution is 0.0560. The van der Waals surface area contributed by atoms with Gasteiger partial charge in [-0.25, -0.2) is 6.57 Å². The second kappa shape index (κ2) is 12.4. The summed E-state index contributed by atoms with van der Waals surface area (Å²) in [5.41, 5.74) is 6.38. The first-order valence-corrected chi connectivity index (χ1v) is 12.9. The van der Waals surface area contributed by atoms with Crippen molar-refractivity contribution in [3.05, 3.63) is 75.6 Å². The minimum absolute atomic E-state index is 0.0346. The van der Waals surface area contributed by atoms with Crippen molar-refractivity contribution in [3.8, 4) is 5.75 Å². The number of aliphatic hydroxyl groups is 1. The average molecular weight is 464 g/mol. The molecule has 0 amide bonds. The number of hydrogen-bond donors (Lipinski definition) is 1. The molecule has 3 nitrogen and oxygen atoms in total. The van der Waals surface area contributed by atoms with Gasteiger partial charge in [0.25, 0.3) is 0 Å². The summed E-state index contributed by atoms with van der Waals surface area (Å²) in [4.78, 5) is 3.41. The van der Waals surface area contributed by atoms with Crippen LogP contribution >= 0.6 is 0 Å². The zero-order chi connectivity index (χ0) is 25.4. The predicted molar refractivity (Wildman–Crippen MR) is 144 cm³/mol. The molecule has 0 saturated heterocycles. The molecule has 0 spiro atoms. The van der Waals surface area contributed by atoms with Crippen LogP contribution in [0.4, 0.5) is 0 Å². The maximum Gasteiger partial charge on any atom is 0.214 e. The van der Waals surface area contributed by atoms with Gasteiger partial charge in [0.05, 0.1) is 12.7 Å². The third kappa shape index (κ3) is 6.86. The van der Waals surface area contributed by atoms with Crippen LogP contribution in [0, 0.1) is 25.8 Å². The van der Waals surface area contributed by atoms with Gasteiger partial charge >= 0.3 is 0 Å². The zero-order valence-electron chi connectivity index (χ0n) is 22.5. The van der Waals surface area contributed by atoms with Gasteiger partial charge < -0.3 is 14.7 Å². The smallest absolute Gasteiger partial charge is 0.214 e. The fraction of sp³-hybridized carbons (Fsp3) is 0.581. The Morgan fingerprint density at radius 1 is 0.941 bits per heavy atom. The molecular weight excluding hydrogens is 418 g/mol. The maximum atomic E-state index is 10.5. The van der Waals surface area contributed by atoms with E-state index in [2.05, 4.69) is 89.7 Å². The van der Waals surface area contributed by atoms with Crippen LogP contribution in [-0.2, 0) is 11.8 Å². The Morgan fingerprint density at radius 2 is 1.56 bits per heavy atom. The van der Waals surface area contributed by atoms with Gasteiger partial charge in [-0.1, -0.05) is 65.0 Å². The molecule has 34 heavy (non-hydrogen) atoms. The minimum atomic E-state index is -0.298. The first-order valence-electron chi connectivity index (χ1n) is 12.9. The molecule has 1 atom stereocenters. The summed E-state index contributed by atoms with van der Waals surface area (Å²) in [6, 6.07) is 13.6. The Balaban J connectivity index is 2.24. The van der Waals surface area contributed by atoms with Crippen molar-refractivity contribution in [1.29, 1.82) is 0 Å². The van der Waals surface area contributed by atoms with Crippen molar-refractivity contribution in [2.24, 2.45) is 5.41 Å². The number of unbranched alkanes of at least 4 members (excludes halogenated alkanes) is 1. The fourth-order valence-electron chi connectivity index (χ4n) is 4.82. The van der Waals surface area contributed by atoms with E-state index in [1.807, 2.05) is 0 Å². The number of aliphatic hydroxyl groups excluding tert-OH is 1. The molecule has 186 valence electrons. The van der Waals surface area contributed by atoms with Gasteiger partial charge in [0.1, 0.15) is 5.75 Å². The van der Waals surface area contributed by atoms with E-state index in [9.17, 15) is 5.11 Å². The van der Waals surface area contributed by atoms with E-state index < -0.39 is 0 Å². The second-order valence-corrected chi connectivity index (χ2v) is 10.8. The van der Waals surface area contributed by atoms with Crippen LogP contribution in [0.5, 0.6) is 5.75 Å². The summed E-state index contributed by atoms with van der Waals surface area (Å²) in [5, 5.41) is 10.5. The minimum Gasteiger partial charge on any atom is -0.493 e. The van der Waals surface area contributed by atoms with E-state index in [4.69, 9.17) is 11.3 Å². The molecule has 1 N–H and O–H groups in total. The fourth-order valence-corrected chi connectivity index (χ4v) is 4.82. The molecule has 2 aromatic carbocycles. The van der Waals surface area contributed by atoms with Gasteiger partial charge in [0, 0.05) is 11.8 Å². The third-order valence-electron chi connectivity index (χ3n) is 7.44. The van der Waals surface area contributed by atoms with Crippen LogP contribution in [0.2, 0.25) is 0 Å². The van der Waals surface area contributed by atoms with Crippen LogP contribution in [0.1, 0.15) is 94.5 Å². The van der Waals surface area contributed by atoms with Crippen molar-refractivity contribution in [3.63, 3.8) is 0 Å². The highest BCUT2D eigenvalue weighted by atomic mass is 16.5. The summed E-state index contributed by atoms with van der Waals surface area (Å²) >= 11 is 0. The van der Waals surface area contributed by atoms with Crippen molar-refractivity contribution in [2.75, 3.05) is 13.2 Å². The van der Waals surface area contributed by atoms with Crippen molar-refractivity contribution in [1.82, 2.24) is 0 Å². The zero-order valence-corrected chi connectivity index (χ0v) is 22.5. The molecule has 1 unspecified atom stereocenters.